The summed E-state index contributed by atoms with van der Waals surface area (Å²) >= 11 is 0. The van der Waals surface area contributed by atoms with Crippen LogP contribution in [-0.4, -0.2) is 33.3 Å². The van der Waals surface area contributed by atoms with E-state index in [4.69, 9.17) is 8.94 Å². The van der Waals surface area contributed by atoms with Gasteiger partial charge in [0, 0.05) is 5.56 Å². The van der Waals surface area contributed by atoms with Gasteiger partial charge in [0.2, 0.25) is 5.89 Å². The average Bonchev–Trinajstić information content (AvgIpc) is 3.15. The molecule has 1 aromatic carbocycles. The molecule has 0 bridgehead atoms. The topological polar surface area (TPSA) is 68.2 Å². The number of nitrogens with zero attached hydrogens (tertiary/aromatic N) is 4. The monoisotopic (exact) mass is 338 g/mol. The molecule has 0 amide bonds. The summed E-state index contributed by atoms with van der Waals surface area (Å²) in [6, 6.07) is 9.91. The molecule has 1 saturated heterocycles. The maximum Gasteiger partial charge on any atom is 0.253 e. The zero-order valence-corrected chi connectivity index (χ0v) is 14.4. The van der Waals surface area contributed by atoms with Gasteiger partial charge >= 0.3 is 0 Å². The van der Waals surface area contributed by atoms with Crippen molar-refractivity contribution in [2.75, 3.05) is 13.1 Å². The third kappa shape index (κ3) is 3.49. The van der Waals surface area contributed by atoms with Gasteiger partial charge in [0.05, 0.1) is 6.54 Å². The van der Waals surface area contributed by atoms with Crippen LogP contribution in [0.1, 0.15) is 37.3 Å². The molecular weight excluding hydrogens is 316 g/mol. The molecule has 0 saturated carbocycles. The molecule has 0 unspecified atom stereocenters. The second-order valence-corrected chi connectivity index (χ2v) is 6.52. The van der Waals surface area contributed by atoms with Crippen LogP contribution in [0, 0.1) is 6.92 Å². The minimum absolute atomic E-state index is 0.474. The first-order valence-corrected chi connectivity index (χ1v) is 8.88. The number of aromatic nitrogens is 3. The normalized spacial score (nSPS) is 16.0. The minimum atomic E-state index is 0.474. The van der Waals surface area contributed by atoms with Gasteiger partial charge in [-0.2, -0.15) is 0 Å². The number of aryl methyl sites for hydroxylation is 1. The van der Waals surface area contributed by atoms with Crippen molar-refractivity contribution >= 4 is 0 Å². The molecule has 6 heteroatoms. The molecule has 25 heavy (non-hydrogen) atoms. The Morgan fingerprint density at radius 2 is 1.76 bits per heavy atom. The van der Waals surface area contributed by atoms with E-state index in [0.717, 1.165) is 29.9 Å². The number of benzene rings is 1. The molecular formula is C19H22N4O2. The summed E-state index contributed by atoms with van der Waals surface area (Å²) in [5, 5.41) is 12.7. The summed E-state index contributed by atoms with van der Waals surface area (Å²) in [5.41, 5.74) is 2.49. The zero-order valence-electron chi connectivity index (χ0n) is 14.4. The number of rotatable bonds is 4. The molecule has 1 fully saturated rings. The summed E-state index contributed by atoms with van der Waals surface area (Å²) in [6.07, 6.45) is 5.10. The van der Waals surface area contributed by atoms with Gasteiger partial charge in [-0.1, -0.05) is 48.3 Å². The lowest BCUT2D eigenvalue weighted by atomic mass is 10.1. The molecule has 3 heterocycles. The molecule has 0 aliphatic carbocycles. The highest BCUT2D eigenvalue weighted by Crippen LogP contribution is 2.33. The van der Waals surface area contributed by atoms with E-state index < -0.39 is 0 Å². The fraction of sp³-hybridized carbons (Fsp3) is 0.421. The van der Waals surface area contributed by atoms with E-state index in [9.17, 15) is 0 Å². The summed E-state index contributed by atoms with van der Waals surface area (Å²) < 4.78 is 11.3. The van der Waals surface area contributed by atoms with E-state index in [1.807, 2.05) is 37.3 Å². The van der Waals surface area contributed by atoms with Gasteiger partial charge in [0.25, 0.3) is 5.89 Å². The third-order valence-corrected chi connectivity index (χ3v) is 4.65. The molecule has 130 valence electrons. The highest BCUT2D eigenvalue weighted by Gasteiger charge is 2.22. The standard InChI is InChI=1S/C19H22N4O2/c1-14-17(18(22-25-14)15-9-5-4-6-10-15)19-21-20-16(24-19)13-23-11-7-2-3-8-12-23/h4-6,9-10H,2-3,7-8,11-13H2,1H3. The average molecular weight is 338 g/mol. The predicted molar refractivity (Wildman–Crippen MR) is 93.7 cm³/mol. The lowest BCUT2D eigenvalue weighted by molar-refractivity contribution is 0.249. The van der Waals surface area contributed by atoms with E-state index in [1.54, 1.807) is 0 Å². The fourth-order valence-corrected chi connectivity index (χ4v) is 3.32. The Labute approximate surface area is 146 Å². The van der Waals surface area contributed by atoms with Gasteiger partial charge in [-0.05, 0) is 32.9 Å². The maximum atomic E-state index is 5.95. The van der Waals surface area contributed by atoms with Crippen LogP contribution in [0.2, 0.25) is 0 Å². The largest absolute Gasteiger partial charge is 0.419 e. The lowest BCUT2D eigenvalue weighted by Gasteiger charge is -2.16. The van der Waals surface area contributed by atoms with Crippen molar-refractivity contribution in [2.45, 2.75) is 39.2 Å². The number of likely N-dealkylation sites (tertiary alicyclic amines) is 1. The first-order valence-electron chi connectivity index (χ1n) is 8.88. The third-order valence-electron chi connectivity index (χ3n) is 4.65. The second-order valence-electron chi connectivity index (χ2n) is 6.52. The van der Waals surface area contributed by atoms with Crippen LogP contribution in [0.15, 0.2) is 39.3 Å². The second kappa shape index (κ2) is 7.19. The van der Waals surface area contributed by atoms with Crippen molar-refractivity contribution in [2.24, 2.45) is 0 Å². The lowest BCUT2D eigenvalue weighted by Crippen LogP contribution is -2.24. The van der Waals surface area contributed by atoms with E-state index in [0.29, 0.717) is 24.1 Å². The van der Waals surface area contributed by atoms with Crippen molar-refractivity contribution in [3.05, 3.63) is 42.0 Å². The smallest absolute Gasteiger partial charge is 0.253 e. The van der Waals surface area contributed by atoms with Gasteiger partial charge in [0.15, 0.2) is 0 Å². The quantitative estimate of drug-likeness (QED) is 0.714. The molecule has 0 radical (unpaired) electrons. The fourth-order valence-electron chi connectivity index (χ4n) is 3.32. The van der Waals surface area contributed by atoms with Gasteiger partial charge in [-0.15, -0.1) is 10.2 Å². The molecule has 2 aromatic heterocycles. The van der Waals surface area contributed by atoms with Gasteiger partial charge in [0.1, 0.15) is 17.0 Å². The van der Waals surface area contributed by atoms with Crippen LogP contribution in [0.4, 0.5) is 0 Å². The van der Waals surface area contributed by atoms with E-state index in [-0.39, 0.29) is 0 Å². The first kappa shape index (κ1) is 16.0. The molecule has 0 atom stereocenters. The van der Waals surface area contributed by atoms with Crippen LogP contribution >= 0.6 is 0 Å². The summed E-state index contributed by atoms with van der Waals surface area (Å²) in [6.45, 7) is 4.77. The Bertz CT molecular complexity index is 817. The van der Waals surface area contributed by atoms with Crippen molar-refractivity contribution < 1.29 is 8.94 Å². The van der Waals surface area contributed by atoms with Crippen LogP contribution < -0.4 is 0 Å². The molecule has 4 rings (SSSR count). The summed E-state index contributed by atoms with van der Waals surface area (Å²) in [5.74, 6) is 1.81. The zero-order chi connectivity index (χ0) is 17.1. The van der Waals surface area contributed by atoms with Crippen LogP contribution in [-0.2, 0) is 6.54 Å². The highest BCUT2D eigenvalue weighted by atomic mass is 16.5. The molecule has 1 aliphatic heterocycles. The van der Waals surface area contributed by atoms with Crippen molar-refractivity contribution in [3.8, 4) is 22.7 Å². The van der Waals surface area contributed by atoms with Gasteiger partial charge in [-0.3, -0.25) is 4.90 Å². The Morgan fingerprint density at radius 1 is 1.00 bits per heavy atom. The Kier molecular flexibility index (Phi) is 4.61. The minimum Gasteiger partial charge on any atom is -0.419 e. The van der Waals surface area contributed by atoms with Crippen molar-refractivity contribution in [1.82, 2.24) is 20.3 Å². The van der Waals surface area contributed by atoms with Gasteiger partial charge in [-0.25, -0.2) is 0 Å². The summed E-state index contributed by atoms with van der Waals surface area (Å²) in [7, 11) is 0. The Morgan fingerprint density at radius 3 is 2.52 bits per heavy atom. The van der Waals surface area contributed by atoms with Crippen LogP contribution in [0.5, 0.6) is 0 Å². The van der Waals surface area contributed by atoms with Crippen molar-refractivity contribution in [3.63, 3.8) is 0 Å². The van der Waals surface area contributed by atoms with Gasteiger partial charge < -0.3 is 8.94 Å². The molecule has 3 aromatic rings. The maximum absolute atomic E-state index is 5.95. The highest BCUT2D eigenvalue weighted by molar-refractivity contribution is 5.77. The van der Waals surface area contributed by atoms with E-state index >= 15 is 0 Å². The number of hydrogen-bond donors (Lipinski definition) is 0. The van der Waals surface area contributed by atoms with E-state index in [1.165, 1.54) is 25.7 Å². The molecule has 1 aliphatic rings. The summed E-state index contributed by atoms with van der Waals surface area (Å²) in [4.78, 5) is 2.39. The SMILES string of the molecule is Cc1onc(-c2ccccc2)c1-c1nnc(CN2CCCCCC2)o1. The number of hydrogen-bond acceptors (Lipinski definition) is 6. The molecule has 0 spiro atoms. The van der Waals surface area contributed by atoms with E-state index in [2.05, 4.69) is 20.3 Å². The Hall–Kier alpha value is -2.47. The first-order chi connectivity index (χ1) is 12.3. The predicted octanol–water partition coefficient (Wildman–Crippen LogP) is 4.08. The van der Waals surface area contributed by atoms with Crippen LogP contribution in [0.25, 0.3) is 22.7 Å². The molecule has 6 nitrogen and oxygen atoms in total. The Balaban J connectivity index is 1.59. The van der Waals surface area contributed by atoms with Crippen LogP contribution in [0.3, 0.4) is 0 Å². The van der Waals surface area contributed by atoms with Crippen molar-refractivity contribution in [1.29, 1.82) is 0 Å². The molecule has 0 N–H and O–H groups in total.